The molecule has 6 nitrogen and oxygen atoms in total. The van der Waals surface area contributed by atoms with Gasteiger partial charge in [0.1, 0.15) is 4.90 Å². The average Bonchev–Trinajstić information content (AvgIpc) is 2.87. The molecule has 96 valence electrons. The van der Waals surface area contributed by atoms with Crippen molar-refractivity contribution >= 4 is 10.0 Å². The summed E-state index contributed by atoms with van der Waals surface area (Å²) in [6.45, 7) is 1.29. The van der Waals surface area contributed by atoms with Gasteiger partial charge in [0.25, 0.3) is 0 Å². The van der Waals surface area contributed by atoms with Crippen molar-refractivity contribution in [2.24, 2.45) is 7.05 Å². The van der Waals surface area contributed by atoms with Crippen LogP contribution in [0.5, 0.6) is 0 Å². The number of rotatable bonds is 4. The van der Waals surface area contributed by atoms with Crippen molar-refractivity contribution in [1.82, 2.24) is 19.4 Å². The number of aryl methyl sites for hydroxylation is 1. The van der Waals surface area contributed by atoms with Gasteiger partial charge in [0.15, 0.2) is 0 Å². The number of hydrogen-bond acceptors (Lipinski definition) is 4. The van der Waals surface area contributed by atoms with Crippen molar-refractivity contribution in [2.45, 2.75) is 23.8 Å². The molecule has 2 heterocycles. The molecule has 0 aromatic carbocycles. The van der Waals surface area contributed by atoms with Crippen molar-refractivity contribution in [3.8, 4) is 0 Å². The third kappa shape index (κ3) is 2.36. The van der Waals surface area contributed by atoms with Crippen LogP contribution in [0.2, 0.25) is 0 Å². The standard InChI is InChI=1S/C10H18N4O2S/c1-11-6-9-4-3-5-14(9)17(15,16)10-7-12-13(2)8-10/h7-9,11H,3-6H2,1-2H3. The lowest BCUT2D eigenvalue weighted by atomic mass is 10.2. The van der Waals surface area contributed by atoms with Crippen LogP contribution in [0.25, 0.3) is 0 Å². The molecule has 1 aromatic heterocycles. The molecule has 7 heteroatoms. The second-order valence-corrected chi connectivity index (χ2v) is 6.21. The van der Waals surface area contributed by atoms with Gasteiger partial charge >= 0.3 is 0 Å². The van der Waals surface area contributed by atoms with Gasteiger partial charge in [-0.15, -0.1) is 0 Å². The Morgan fingerprint density at radius 2 is 2.35 bits per heavy atom. The van der Waals surface area contributed by atoms with E-state index in [1.165, 1.54) is 10.9 Å². The number of hydrogen-bond donors (Lipinski definition) is 1. The van der Waals surface area contributed by atoms with Crippen molar-refractivity contribution in [3.63, 3.8) is 0 Å². The maximum atomic E-state index is 12.4. The minimum absolute atomic E-state index is 0.0604. The maximum absolute atomic E-state index is 12.4. The van der Waals surface area contributed by atoms with Crippen LogP contribution in [0.15, 0.2) is 17.3 Å². The summed E-state index contributed by atoms with van der Waals surface area (Å²) in [5, 5.41) is 6.96. The fraction of sp³-hybridized carbons (Fsp3) is 0.700. The van der Waals surface area contributed by atoms with Crippen LogP contribution in [0, 0.1) is 0 Å². The van der Waals surface area contributed by atoms with Crippen LogP contribution in [0.4, 0.5) is 0 Å². The van der Waals surface area contributed by atoms with E-state index in [1.54, 1.807) is 17.5 Å². The lowest BCUT2D eigenvalue weighted by Crippen LogP contribution is -2.40. The summed E-state index contributed by atoms with van der Waals surface area (Å²) in [6, 6.07) is 0.0604. The summed E-state index contributed by atoms with van der Waals surface area (Å²) >= 11 is 0. The molecule has 17 heavy (non-hydrogen) atoms. The van der Waals surface area contributed by atoms with E-state index >= 15 is 0 Å². The van der Waals surface area contributed by atoms with Gasteiger partial charge in [0.2, 0.25) is 10.0 Å². The van der Waals surface area contributed by atoms with Crippen molar-refractivity contribution in [2.75, 3.05) is 20.1 Å². The minimum Gasteiger partial charge on any atom is -0.318 e. The zero-order valence-corrected chi connectivity index (χ0v) is 10.9. The van der Waals surface area contributed by atoms with E-state index in [4.69, 9.17) is 0 Å². The lowest BCUT2D eigenvalue weighted by molar-refractivity contribution is 0.379. The summed E-state index contributed by atoms with van der Waals surface area (Å²) in [6.07, 6.45) is 4.79. The molecular formula is C10H18N4O2S. The fourth-order valence-electron chi connectivity index (χ4n) is 2.23. The number of aromatic nitrogens is 2. The van der Waals surface area contributed by atoms with Crippen LogP contribution in [-0.2, 0) is 17.1 Å². The Kier molecular flexibility index (Phi) is 3.50. The third-order valence-electron chi connectivity index (χ3n) is 3.05. The van der Waals surface area contributed by atoms with Gasteiger partial charge in [-0.3, -0.25) is 4.68 Å². The SMILES string of the molecule is CNCC1CCCN1S(=O)(=O)c1cnn(C)c1. The number of likely N-dealkylation sites (N-methyl/N-ethyl adjacent to an activating group) is 1. The molecule has 1 aliphatic heterocycles. The van der Waals surface area contributed by atoms with Crippen molar-refractivity contribution in [1.29, 1.82) is 0 Å². The lowest BCUT2D eigenvalue weighted by Gasteiger charge is -2.22. The van der Waals surface area contributed by atoms with Crippen LogP contribution >= 0.6 is 0 Å². The molecule has 1 atom stereocenters. The Morgan fingerprint density at radius 1 is 1.59 bits per heavy atom. The highest BCUT2D eigenvalue weighted by atomic mass is 32.2. The first-order valence-corrected chi connectivity index (χ1v) is 7.15. The largest absolute Gasteiger partial charge is 0.318 e. The molecule has 0 amide bonds. The molecule has 1 fully saturated rings. The van der Waals surface area contributed by atoms with Crippen LogP contribution in [0.1, 0.15) is 12.8 Å². The maximum Gasteiger partial charge on any atom is 0.246 e. The monoisotopic (exact) mass is 258 g/mol. The van der Waals surface area contributed by atoms with Gasteiger partial charge in [-0.1, -0.05) is 0 Å². The van der Waals surface area contributed by atoms with E-state index in [0.29, 0.717) is 13.1 Å². The molecule has 1 unspecified atom stereocenters. The molecule has 2 rings (SSSR count). The highest BCUT2D eigenvalue weighted by Gasteiger charge is 2.35. The molecule has 0 bridgehead atoms. The van der Waals surface area contributed by atoms with E-state index in [-0.39, 0.29) is 10.9 Å². The van der Waals surface area contributed by atoms with Gasteiger partial charge in [-0.05, 0) is 19.9 Å². The molecule has 1 saturated heterocycles. The minimum atomic E-state index is -3.38. The van der Waals surface area contributed by atoms with E-state index < -0.39 is 10.0 Å². The van der Waals surface area contributed by atoms with E-state index in [0.717, 1.165) is 12.8 Å². The third-order valence-corrected chi connectivity index (χ3v) is 4.96. The van der Waals surface area contributed by atoms with Crippen molar-refractivity contribution < 1.29 is 8.42 Å². The average molecular weight is 258 g/mol. The zero-order valence-electron chi connectivity index (χ0n) is 10.1. The van der Waals surface area contributed by atoms with Crippen LogP contribution in [-0.4, -0.2) is 48.7 Å². The first kappa shape index (κ1) is 12.5. The first-order valence-electron chi connectivity index (χ1n) is 5.71. The Labute approximate surface area is 102 Å². The molecule has 1 N–H and O–H groups in total. The predicted octanol–water partition coefficient (Wildman–Crippen LogP) is -0.207. The topological polar surface area (TPSA) is 67.2 Å². The zero-order chi connectivity index (χ0) is 12.5. The summed E-state index contributed by atoms with van der Waals surface area (Å²) in [4.78, 5) is 0.281. The molecular weight excluding hydrogens is 240 g/mol. The van der Waals surface area contributed by atoms with Gasteiger partial charge in [-0.25, -0.2) is 8.42 Å². The molecule has 1 aromatic rings. The van der Waals surface area contributed by atoms with Gasteiger partial charge in [0.05, 0.1) is 6.20 Å². The highest BCUT2D eigenvalue weighted by molar-refractivity contribution is 7.89. The molecule has 0 saturated carbocycles. The normalized spacial score (nSPS) is 22.1. The Morgan fingerprint density at radius 3 is 2.94 bits per heavy atom. The van der Waals surface area contributed by atoms with Crippen molar-refractivity contribution in [3.05, 3.63) is 12.4 Å². The quantitative estimate of drug-likeness (QED) is 0.811. The number of nitrogens with zero attached hydrogens (tertiary/aromatic N) is 3. The Balaban J connectivity index is 2.26. The van der Waals surface area contributed by atoms with E-state index in [2.05, 4.69) is 10.4 Å². The molecule has 0 aliphatic carbocycles. The van der Waals surface area contributed by atoms with E-state index in [1.807, 2.05) is 7.05 Å². The second kappa shape index (κ2) is 4.75. The number of nitrogens with one attached hydrogen (secondary N) is 1. The number of sulfonamides is 1. The van der Waals surface area contributed by atoms with Gasteiger partial charge in [-0.2, -0.15) is 9.40 Å². The molecule has 1 aliphatic rings. The Hall–Kier alpha value is -0.920. The van der Waals surface area contributed by atoms with Gasteiger partial charge < -0.3 is 5.32 Å². The summed E-state index contributed by atoms with van der Waals surface area (Å²) in [5.74, 6) is 0. The summed E-state index contributed by atoms with van der Waals surface area (Å²) in [5.41, 5.74) is 0. The van der Waals surface area contributed by atoms with E-state index in [9.17, 15) is 8.42 Å². The summed E-state index contributed by atoms with van der Waals surface area (Å²) < 4.78 is 27.8. The highest BCUT2D eigenvalue weighted by Crippen LogP contribution is 2.25. The predicted molar refractivity (Wildman–Crippen MR) is 64.0 cm³/mol. The Bertz CT molecular complexity index is 482. The van der Waals surface area contributed by atoms with Crippen LogP contribution < -0.4 is 5.32 Å². The molecule has 0 spiro atoms. The summed E-state index contributed by atoms with van der Waals surface area (Å²) in [7, 11) is 0.178. The fourth-order valence-corrected chi connectivity index (χ4v) is 3.91. The first-order chi connectivity index (χ1) is 8.05. The molecule has 0 radical (unpaired) electrons. The second-order valence-electron chi connectivity index (χ2n) is 4.32. The van der Waals surface area contributed by atoms with Gasteiger partial charge in [0, 0.05) is 32.4 Å². The van der Waals surface area contributed by atoms with Crippen LogP contribution in [0.3, 0.4) is 0 Å². The smallest absolute Gasteiger partial charge is 0.246 e.